The first-order valence-corrected chi connectivity index (χ1v) is 7.06. The second kappa shape index (κ2) is 4.76. The van der Waals surface area contributed by atoms with E-state index in [4.69, 9.17) is 10.2 Å². The summed E-state index contributed by atoms with van der Waals surface area (Å²) in [5, 5.41) is 2.32. The molecule has 4 aromatic rings. The third-order valence-electron chi connectivity index (χ3n) is 3.90. The molecule has 0 saturated heterocycles. The molecule has 102 valence electrons. The Morgan fingerprint density at radius 1 is 0.714 bits per heavy atom. The molecule has 0 unspecified atom stereocenters. The normalized spacial score (nSPS) is 11.3. The van der Waals surface area contributed by atoms with Crippen LogP contribution in [0.5, 0.6) is 0 Å². The highest BCUT2D eigenvalue weighted by Crippen LogP contribution is 2.31. The van der Waals surface area contributed by atoms with Gasteiger partial charge in [-0.15, -0.1) is 0 Å². The van der Waals surface area contributed by atoms with Crippen LogP contribution >= 0.6 is 0 Å². The molecule has 0 radical (unpaired) electrons. The van der Waals surface area contributed by atoms with E-state index < -0.39 is 0 Å². The summed E-state index contributed by atoms with van der Waals surface area (Å²) < 4.78 is 5.94. The minimum atomic E-state index is 0.572. The highest BCUT2D eigenvalue weighted by molar-refractivity contribution is 6.05. The molecule has 0 saturated carbocycles. The van der Waals surface area contributed by atoms with E-state index >= 15 is 0 Å². The smallest absolute Gasteiger partial charge is 0.136 e. The fourth-order valence-electron chi connectivity index (χ4n) is 2.74. The van der Waals surface area contributed by atoms with Gasteiger partial charge in [0.2, 0.25) is 0 Å². The van der Waals surface area contributed by atoms with Crippen LogP contribution in [-0.4, -0.2) is 0 Å². The summed E-state index contributed by atoms with van der Waals surface area (Å²) >= 11 is 0. The fourth-order valence-corrected chi connectivity index (χ4v) is 2.74. The van der Waals surface area contributed by atoms with E-state index in [1.54, 1.807) is 0 Å². The molecular weight excluding hydrogens is 258 g/mol. The van der Waals surface area contributed by atoms with Gasteiger partial charge in [-0.25, -0.2) is 0 Å². The number of fused-ring (bicyclic) bond motifs is 3. The Labute approximate surface area is 122 Å². The third kappa shape index (κ3) is 2.01. The Morgan fingerprint density at radius 3 is 2.24 bits per heavy atom. The maximum atomic E-state index is 5.94. The molecule has 1 aromatic heterocycles. The van der Waals surface area contributed by atoms with Crippen molar-refractivity contribution in [2.45, 2.75) is 6.54 Å². The van der Waals surface area contributed by atoms with Crippen molar-refractivity contribution in [2.75, 3.05) is 0 Å². The van der Waals surface area contributed by atoms with E-state index in [1.807, 2.05) is 18.2 Å². The van der Waals surface area contributed by atoms with Gasteiger partial charge in [0.05, 0.1) is 0 Å². The van der Waals surface area contributed by atoms with E-state index in [2.05, 4.69) is 48.5 Å². The van der Waals surface area contributed by atoms with E-state index in [9.17, 15) is 0 Å². The first-order valence-electron chi connectivity index (χ1n) is 7.06. The van der Waals surface area contributed by atoms with Crippen molar-refractivity contribution in [1.82, 2.24) is 0 Å². The minimum absolute atomic E-state index is 0.572. The standard InChI is InChI=1S/C19H15NO/c20-12-13-5-7-14(8-6-13)15-9-10-17-16-3-1-2-4-18(16)21-19(17)11-15/h1-11H,12,20H2. The monoisotopic (exact) mass is 273 g/mol. The molecule has 4 rings (SSSR count). The SMILES string of the molecule is NCc1ccc(-c2ccc3c(c2)oc2ccccc23)cc1. The molecule has 0 bridgehead atoms. The molecular formula is C19H15NO. The van der Waals surface area contributed by atoms with Crippen LogP contribution < -0.4 is 5.73 Å². The lowest BCUT2D eigenvalue weighted by atomic mass is 10.0. The molecule has 0 amide bonds. The number of hydrogen-bond acceptors (Lipinski definition) is 2. The van der Waals surface area contributed by atoms with Crippen LogP contribution in [0.4, 0.5) is 0 Å². The number of rotatable bonds is 2. The van der Waals surface area contributed by atoms with Crippen molar-refractivity contribution in [3.63, 3.8) is 0 Å². The van der Waals surface area contributed by atoms with Gasteiger partial charge in [-0.2, -0.15) is 0 Å². The lowest BCUT2D eigenvalue weighted by Gasteiger charge is -2.03. The average molecular weight is 273 g/mol. The Balaban J connectivity index is 1.87. The van der Waals surface area contributed by atoms with Gasteiger partial charge in [0.25, 0.3) is 0 Å². The second-order valence-corrected chi connectivity index (χ2v) is 5.21. The van der Waals surface area contributed by atoms with Gasteiger partial charge in [0.1, 0.15) is 11.2 Å². The van der Waals surface area contributed by atoms with Crippen molar-refractivity contribution in [2.24, 2.45) is 5.73 Å². The molecule has 21 heavy (non-hydrogen) atoms. The number of nitrogens with two attached hydrogens (primary N) is 1. The van der Waals surface area contributed by atoms with Gasteiger partial charge < -0.3 is 10.2 Å². The van der Waals surface area contributed by atoms with Crippen molar-refractivity contribution in [3.8, 4) is 11.1 Å². The lowest BCUT2D eigenvalue weighted by molar-refractivity contribution is 0.669. The highest BCUT2D eigenvalue weighted by atomic mass is 16.3. The molecule has 2 N–H and O–H groups in total. The third-order valence-corrected chi connectivity index (χ3v) is 3.90. The molecule has 1 heterocycles. The Hall–Kier alpha value is -2.58. The zero-order chi connectivity index (χ0) is 14.2. The van der Waals surface area contributed by atoms with Crippen LogP contribution in [0.2, 0.25) is 0 Å². The van der Waals surface area contributed by atoms with Crippen molar-refractivity contribution < 1.29 is 4.42 Å². The average Bonchev–Trinajstić information content (AvgIpc) is 2.92. The molecule has 2 heteroatoms. The molecule has 2 nitrogen and oxygen atoms in total. The number of para-hydroxylation sites is 1. The van der Waals surface area contributed by atoms with Gasteiger partial charge >= 0.3 is 0 Å². The Kier molecular flexibility index (Phi) is 2.76. The van der Waals surface area contributed by atoms with E-state index in [-0.39, 0.29) is 0 Å². The van der Waals surface area contributed by atoms with Gasteiger partial charge in [0, 0.05) is 17.3 Å². The molecule has 0 fully saturated rings. The topological polar surface area (TPSA) is 39.2 Å². The van der Waals surface area contributed by atoms with Gasteiger partial charge in [-0.1, -0.05) is 48.5 Å². The molecule has 0 aliphatic carbocycles. The van der Waals surface area contributed by atoms with Crippen molar-refractivity contribution >= 4 is 21.9 Å². The number of hydrogen-bond donors (Lipinski definition) is 1. The molecule has 0 aliphatic rings. The predicted molar refractivity (Wildman–Crippen MR) is 87.0 cm³/mol. The molecule has 0 spiro atoms. The predicted octanol–water partition coefficient (Wildman–Crippen LogP) is 4.71. The van der Waals surface area contributed by atoms with Crippen molar-refractivity contribution in [3.05, 3.63) is 72.3 Å². The number of furan rings is 1. The van der Waals surface area contributed by atoms with E-state index in [1.165, 1.54) is 5.56 Å². The quantitative estimate of drug-likeness (QED) is 0.574. The first kappa shape index (κ1) is 12.2. The highest BCUT2D eigenvalue weighted by Gasteiger charge is 2.07. The fraction of sp³-hybridized carbons (Fsp3) is 0.0526. The van der Waals surface area contributed by atoms with E-state index in [0.29, 0.717) is 6.54 Å². The van der Waals surface area contributed by atoms with Crippen LogP contribution in [0, 0.1) is 0 Å². The largest absolute Gasteiger partial charge is 0.456 e. The van der Waals surface area contributed by atoms with Gasteiger partial charge in [-0.3, -0.25) is 0 Å². The Bertz CT molecular complexity index is 919. The zero-order valence-corrected chi connectivity index (χ0v) is 11.5. The summed E-state index contributed by atoms with van der Waals surface area (Å²) in [4.78, 5) is 0. The zero-order valence-electron chi connectivity index (χ0n) is 11.5. The van der Waals surface area contributed by atoms with Gasteiger partial charge in [0.15, 0.2) is 0 Å². The molecule has 0 atom stereocenters. The van der Waals surface area contributed by atoms with E-state index in [0.717, 1.165) is 33.1 Å². The minimum Gasteiger partial charge on any atom is -0.456 e. The summed E-state index contributed by atoms with van der Waals surface area (Å²) in [5.41, 5.74) is 11.0. The number of benzene rings is 3. The van der Waals surface area contributed by atoms with Crippen molar-refractivity contribution in [1.29, 1.82) is 0 Å². The summed E-state index contributed by atoms with van der Waals surface area (Å²) in [6.07, 6.45) is 0. The van der Waals surface area contributed by atoms with Crippen LogP contribution in [0.15, 0.2) is 71.1 Å². The summed E-state index contributed by atoms with van der Waals surface area (Å²) in [6, 6.07) is 22.9. The molecule has 3 aromatic carbocycles. The summed E-state index contributed by atoms with van der Waals surface area (Å²) in [6.45, 7) is 0.572. The maximum Gasteiger partial charge on any atom is 0.136 e. The van der Waals surface area contributed by atoms with Crippen LogP contribution in [0.25, 0.3) is 33.1 Å². The second-order valence-electron chi connectivity index (χ2n) is 5.21. The maximum absolute atomic E-state index is 5.94. The summed E-state index contributed by atoms with van der Waals surface area (Å²) in [7, 11) is 0. The Morgan fingerprint density at radius 2 is 1.43 bits per heavy atom. The van der Waals surface area contributed by atoms with Crippen LogP contribution in [0.1, 0.15) is 5.56 Å². The van der Waals surface area contributed by atoms with Crippen LogP contribution in [-0.2, 0) is 6.54 Å². The summed E-state index contributed by atoms with van der Waals surface area (Å²) in [5.74, 6) is 0. The molecule has 0 aliphatic heterocycles. The first-order chi connectivity index (χ1) is 10.3. The lowest BCUT2D eigenvalue weighted by Crippen LogP contribution is -1.95. The van der Waals surface area contributed by atoms with Crippen LogP contribution in [0.3, 0.4) is 0 Å². The van der Waals surface area contributed by atoms with Gasteiger partial charge in [-0.05, 0) is 34.9 Å².